The molecule has 0 aliphatic carbocycles. The van der Waals surface area contributed by atoms with E-state index in [9.17, 15) is 9.59 Å². The van der Waals surface area contributed by atoms with Crippen LogP contribution in [0, 0.1) is 11.3 Å². The average molecular weight is 260 g/mol. The van der Waals surface area contributed by atoms with Gasteiger partial charge in [0, 0.05) is 14.1 Å². The van der Waals surface area contributed by atoms with Crippen LogP contribution in [0.4, 0.5) is 5.82 Å². The van der Waals surface area contributed by atoms with E-state index in [0.29, 0.717) is 5.76 Å². The molecule has 0 aliphatic heterocycles. The molecule has 2 aromatic heterocycles. The Hall–Kier alpha value is -2.75. The fourth-order valence-corrected chi connectivity index (χ4v) is 1.74. The highest BCUT2D eigenvalue weighted by molar-refractivity contribution is 5.51. The summed E-state index contributed by atoms with van der Waals surface area (Å²) in [5.41, 5.74) is -1.21. The molecule has 0 amide bonds. The van der Waals surface area contributed by atoms with Crippen molar-refractivity contribution in [2.24, 2.45) is 14.1 Å². The number of hydrogen-bond acceptors (Lipinski definition) is 5. The van der Waals surface area contributed by atoms with Gasteiger partial charge in [0.2, 0.25) is 0 Å². The van der Waals surface area contributed by atoms with Gasteiger partial charge in [0.05, 0.1) is 12.8 Å². The van der Waals surface area contributed by atoms with Crippen molar-refractivity contribution in [1.29, 1.82) is 5.26 Å². The first-order valence-electron chi connectivity index (χ1n) is 5.52. The van der Waals surface area contributed by atoms with Gasteiger partial charge in [-0.25, -0.2) is 4.79 Å². The van der Waals surface area contributed by atoms with Crippen molar-refractivity contribution in [1.82, 2.24) is 9.13 Å². The normalized spacial score (nSPS) is 10.2. The largest absolute Gasteiger partial charge is 0.467 e. The number of aromatic nitrogens is 2. The smallest absolute Gasteiger partial charge is 0.332 e. The van der Waals surface area contributed by atoms with Gasteiger partial charge in [-0.15, -0.1) is 0 Å². The summed E-state index contributed by atoms with van der Waals surface area (Å²) < 4.78 is 7.26. The van der Waals surface area contributed by atoms with Gasteiger partial charge in [0.1, 0.15) is 17.6 Å². The molecule has 0 aromatic carbocycles. The highest BCUT2D eigenvalue weighted by Crippen LogP contribution is 2.09. The number of rotatable bonds is 3. The first-order valence-corrected chi connectivity index (χ1v) is 5.52. The van der Waals surface area contributed by atoms with E-state index in [1.807, 2.05) is 6.07 Å². The third kappa shape index (κ3) is 2.15. The second kappa shape index (κ2) is 4.86. The maximum atomic E-state index is 11.8. The second-order valence-electron chi connectivity index (χ2n) is 3.97. The zero-order valence-electron chi connectivity index (χ0n) is 10.5. The lowest BCUT2D eigenvalue weighted by atomic mass is 10.3. The maximum absolute atomic E-state index is 11.8. The van der Waals surface area contributed by atoms with Gasteiger partial charge in [-0.3, -0.25) is 13.9 Å². The van der Waals surface area contributed by atoms with Crippen LogP contribution in [0.1, 0.15) is 11.3 Å². The van der Waals surface area contributed by atoms with E-state index < -0.39 is 11.2 Å². The molecule has 0 spiro atoms. The number of anilines is 1. The Balaban J connectivity index is 2.48. The lowest BCUT2D eigenvalue weighted by Gasteiger charge is -2.12. The Kier molecular flexibility index (Phi) is 3.25. The van der Waals surface area contributed by atoms with Crippen LogP contribution in [0.5, 0.6) is 0 Å². The van der Waals surface area contributed by atoms with Crippen molar-refractivity contribution in [3.63, 3.8) is 0 Å². The van der Waals surface area contributed by atoms with Crippen LogP contribution in [-0.2, 0) is 20.6 Å². The minimum Gasteiger partial charge on any atom is -0.467 e. The lowest BCUT2D eigenvalue weighted by Crippen LogP contribution is -2.39. The predicted molar refractivity (Wildman–Crippen MR) is 67.7 cm³/mol. The molecule has 0 aliphatic rings. The summed E-state index contributed by atoms with van der Waals surface area (Å²) in [6.45, 7) is 0.280. The quantitative estimate of drug-likeness (QED) is 0.848. The van der Waals surface area contributed by atoms with Gasteiger partial charge in [-0.1, -0.05) is 0 Å². The average Bonchev–Trinajstić information content (AvgIpc) is 2.92. The summed E-state index contributed by atoms with van der Waals surface area (Å²) in [6, 6.07) is 5.29. The van der Waals surface area contributed by atoms with Crippen LogP contribution in [0.2, 0.25) is 0 Å². The molecule has 19 heavy (non-hydrogen) atoms. The molecule has 2 heterocycles. The first kappa shape index (κ1) is 12.7. The summed E-state index contributed by atoms with van der Waals surface area (Å²) in [5.74, 6) is 0.823. The third-order valence-electron chi connectivity index (χ3n) is 2.79. The van der Waals surface area contributed by atoms with Gasteiger partial charge in [0.15, 0.2) is 5.56 Å². The molecule has 1 N–H and O–H groups in total. The molecule has 0 atom stereocenters. The minimum atomic E-state index is -0.618. The second-order valence-corrected chi connectivity index (χ2v) is 3.97. The SMILES string of the molecule is Cn1c(NCc2ccco2)c(C#N)c(=O)n(C)c1=O. The van der Waals surface area contributed by atoms with Crippen LogP contribution in [0.3, 0.4) is 0 Å². The monoisotopic (exact) mass is 260 g/mol. The lowest BCUT2D eigenvalue weighted by molar-refractivity contribution is 0.517. The van der Waals surface area contributed by atoms with Gasteiger partial charge in [-0.2, -0.15) is 5.26 Å². The van der Waals surface area contributed by atoms with Gasteiger partial charge in [-0.05, 0) is 12.1 Å². The van der Waals surface area contributed by atoms with Crippen molar-refractivity contribution < 1.29 is 4.42 Å². The van der Waals surface area contributed by atoms with E-state index in [-0.39, 0.29) is 17.9 Å². The van der Waals surface area contributed by atoms with Crippen LogP contribution in [0.15, 0.2) is 32.4 Å². The Morgan fingerprint density at radius 3 is 2.68 bits per heavy atom. The van der Waals surface area contributed by atoms with Crippen molar-refractivity contribution in [3.05, 3.63) is 50.6 Å². The molecule has 0 saturated heterocycles. The fraction of sp³-hybridized carbons (Fsp3) is 0.250. The Bertz CT molecular complexity index is 747. The summed E-state index contributed by atoms with van der Waals surface area (Å²) in [6.07, 6.45) is 1.52. The van der Waals surface area contributed by atoms with Gasteiger partial charge in [0.25, 0.3) is 5.56 Å². The van der Waals surface area contributed by atoms with Gasteiger partial charge >= 0.3 is 5.69 Å². The summed E-state index contributed by atoms with van der Waals surface area (Å²) in [5, 5.41) is 11.9. The molecule has 2 rings (SSSR count). The van der Waals surface area contributed by atoms with E-state index in [0.717, 1.165) is 4.57 Å². The summed E-state index contributed by atoms with van der Waals surface area (Å²) in [4.78, 5) is 23.6. The standard InChI is InChI=1S/C12H12N4O3/c1-15-10(14-7-8-4-3-5-19-8)9(6-13)11(17)16(2)12(15)18/h3-5,14H,7H2,1-2H3. The van der Waals surface area contributed by atoms with E-state index in [2.05, 4.69) is 5.32 Å². The molecule has 0 saturated carbocycles. The molecule has 0 radical (unpaired) electrons. The van der Waals surface area contributed by atoms with Crippen molar-refractivity contribution in [3.8, 4) is 6.07 Å². The molecule has 0 unspecified atom stereocenters. The number of nitriles is 1. The van der Waals surface area contributed by atoms with E-state index in [1.165, 1.54) is 24.9 Å². The Morgan fingerprint density at radius 1 is 1.37 bits per heavy atom. The molecule has 7 nitrogen and oxygen atoms in total. The Labute approximate surface area is 108 Å². The van der Waals surface area contributed by atoms with Crippen molar-refractivity contribution in [2.75, 3.05) is 5.32 Å². The topological polar surface area (TPSA) is 93.0 Å². The van der Waals surface area contributed by atoms with Gasteiger partial charge < -0.3 is 9.73 Å². The predicted octanol–water partition coefficient (Wildman–Crippen LogP) is 0.161. The minimum absolute atomic E-state index is 0.101. The highest BCUT2D eigenvalue weighted by Gasteiger charge is 2.15. The number of furan rings is 1. The number of nitrogens with zero attached hydrogens (tertiary/aromatic N) is 3. The van der Waals surface area contributed by atoms with Crippen LogP contribution in [0.25, 0.3) is 0 Å². The molecular weight excluding hydrogens is 248 g/mol. The number of hydrogen-bond donors (Lipinski definition) is 1. The van der Waals surface area contributed by atoms with E-state index in [4.69, 9.17) is 9.68 Å². The zero-order chi connectivity index (χ0) is 14.0. The fourth-order valence-electron chi connectivity index (χ4n) is 1.74. The number of nitrogens with one attached hydrogen (secondary N) is 1. The molecule has 2 aromatic rings. The molecular formula is C12H12N4O3. The van der Waals surface area contributed by atoms with E-state index >= 15 is 0 Å². The molecule has 0 bridgehead atoms. The van der Waals surface area contributed by atoms with Crippen LogP contribution in [-0.4, -0.2) is 9.13 Å². The highest BCUT2D eigenvalue weighted by atomic mass is 16.3. The third-order valence-corrected chi connectivity index (χ3v) is 2.79. The Morgan fingerprint density at radius 2 is 2.11 bits per heavy atom. The first-order chi connectivity index (χ1) is 9.06. The van der Waals surface area contributed by atoms with Crippen LogP contribution >= 0.6 is 0 Å². The molecule has 7 heteroatoms. The molecule has 98 valence electrons. The van der Waals surface area contributed by atoms with Crippen LogP contribution < -0.4 is 16.6 Å². The van der Waals surface area contributed by atoms with Crippen molar-refractivity contribution in [2.45, 2.75) is 6.54 Å². The molecule has 0 fully saturated rings. The summed E-state index contributed by atoms with van der Waals surface area (Å²) in [7, 11) is 2.83. The zero-order valence-corrected chi connectivity index (χ0v) is 10.5. The maximum Gasteiger partial charge on any atom is 0.332 e. The summed E-state index contributed by atoms with van der Waals surface area (Å²) >= 11 is 0. The van der Waals surface area contributed by atoms with Crippen molar-refractivity contribution >= 4 is 5.82 Å². The van der Waals surface area contributed by atoms with E-state index in [1.54, 1.807) is 12.1 Å².